The van der Waals surface area contributed by atoms with Crippen molar-refractivity contribution in [2.24, 2.45) is 0 Å². The number of carbonyl (C=O) groups is 2. The first-order valence-corrected chi connectivity index (χ1v) is 10.1. The van der Waals surface area contributed by atoms with Gasteiger partial charge >= 0.3 is 12.1 Å². The first kappa shape index (κ1) is 24.3. The minimum atomic E-state index is -4.22. The standard InChI is InChI=1S/C18H23F2NO7S/c1-6-27-18(23)21-29(24,25)12(4)11(3)28-16-14(19)8-13(9-15(16)20)7-10(2)17(22)26-5/h7-9,11-12H,6H2,1-5H3,(H,21,23)/b10-7+/t11-,12?/m0/s1. The van der Waals surface area contributed by atoms with Crippen LogP contribution in [0.1, 0.15) is 33.3 Å². The van der Waals surface area contributed by atoms with E-state index in [1.807, 2.05) is 0 Å². The number of amides is 1. The fourth-order valence-electron chi connectivity index (χ4n) is 2.15. The summed E-state index contributed by atoms with van der Waals surface area (Å²) in [6.45, 7) is 5.37. The molecule has 1 unspecified atom stereocenters. The molecular formula is C18H23F2NO7S. The molecular weight excluding hydrogens is 412 g/mol. The minimum Gasteiger partial charge on any atom is -0.483 e. The summed E-state index contributed by atoms with van der Waals surface area (Å²) in [5, 5.41) is -1.34. The lowest BCUT2D eigenvalue weighted by Gasteiger charge is -2.22. The van der Waals surface area contributed by atoms with Gasteiger partial charge in [-0.3, -0.25) is 0 Å². The Kier molecular flexibility index (Phi) is 8.56. The Hall–Kier alpha value is -2.69. The summed E-state index contributed by atoms with van der Waals surface area (Å²) in [6, 6.07) is 1.85. The Morgan fingerprint density at radius 1 is 1.21 bits per heavy atom. The van der Waals surface area contributed by atoms with Gasteiger partial charge in [0.1, 0.15) is 11.4 Å². The molecule has 0 radical (unpaired) electrons. The van der Waals surface area contributed by atoms with Crippen LogP contribution in [0.4, 0.5) is 13.6 Å². The van der Waals surface area contributed by atoms with E-state index >= 15 is 0 Å². The Labute approximate surface area is 167 Å². The number of benzene rings is 1. The van der Waals surface area contributed by atoms with E-state index in [4.69, 9.17) is 4.74 Å². The van der Waals surface area contributed by atoms with Gasteiger partial charge in [0.15, 0.2) is 17.4 Å². The van der Waals surface area contributed by atoms with E-state index in [9.17, 15) is 26.8 Å². The molecule has 0 saturated carbocycles. The zero-order valence-electron chi connectivity index (χ0n) is 16.6. The number of esters is 1. The van der Waals surface area contributed by atoms with Crippen molar-refractivity contribution in [3.63, 3.8) is 0 Å². The van der Waals surface area contributed by atoms with E-state index in [1.165, 1.54) is 40.9 Å². The number of halogens is 2. The molecule has 0 fully saturated rings. The fraction of sp³-hybridized carbons (Fsp3) is 0.444. The van der Waals surface area contributed by atoms with Crippen LogP contribution in [0.3, 0.4) is 0 Å². The van der Waals surface area contributed by atoms with Crippen molar-refractivity contribution in [3.8, 4) is 5.75 Å². The van der Waals surface area contributed by atoms with Crippen molar-refractivity contribution < 1.29 is 41.0 Å². The molecule has 0 heterocycles. The topological polar surface area (TPSA) is 108 Å². The third kappa shape index (κ3) is 6.70. The smallest absolute Gasteiger partial charge is 0.420 e. The van der Waals surface area contributed by atoms with Gasteiger partial charge in [0.25, 0.3) is 0 Å². The summed E-state index contributed by atoms with van der Waals surface area (Å²) in [5.41, 5.74) is 0.172. The monoisotopic (exact) mass is 435 g/mol. The lowest BCUT2D eigenvalue weighted by molar-refractivity contribution is -0.135. The highest BCUT2D eigenvalue weighted by Gasteiger charge is 2.31. The zero-order chi connectivity index (χ0) is 22.4. The average molecular weight is 435 g/mol. The van der Waals surface area contributed by atoms with Gasteiger partial charge in [-0.05, 0) is 51.5 Å². The Bertz CT molecular complexity index is 876. The molecule has 11 heteroatoms. The van der Waals surface area contributed by atoms with Crippen LogP contribution in [0.2, 0.25) is 0 Å². The number of carbonyl (C=O) groups excluding carboxylic acids is 2. The summed E-state index contributed by atoms with van der Waals surface area (Å²) < 4.78 is 68.8. The second kappa shape index (κ2) is 10.2. The second-order valence-electron chi connectivity index (χ2n) is 6.03. The largest absolute Gasteiger partial charge is 0.483 e. The number of nitrogens with one attached hydrogen (secondary N) is 1. The average Bonchev–Trinajstić information content (AvgIpc) is 2.62. The normalized spacial score (nSPS) is 14.0. The molecule has 1 amide bonds. The molecule has 2 atom stereocenters. The summed E-state index contributed by atoms with van der Waals surface area (Å²) in [5.74, 6) is -3.64. The van der Waals surface area contributed by atoms with Gasteiger partial charge in [-0.2, -0.15) is 0 Å². The summed E-state index contributed by atoms with van der Waals surface area (Å²) in [7, 11) is -3.05. The van der Waals surface area contributed by atoms with Crippen molar-refractivity contribution in [2.45, 2.75) is 39.0 Å². The van der Waals surface area contributed by atoms with Crippen LogP contribution in [0.25, 0.3) is 6.08 Å². The molecule has 1 rings (SSSR count). The highest BCUT2D eigenvalue weighted by molar-refractivity contribution is 7.90. The van der Waals surface area contributed by atoms with Crippen molar-refractivity contribution in [3.05, 3.63) is 34.9 Å². The molecule has 162 valence electrons. The maximum absolute atomic E-state index is 14.3. The van der Waals surface area contributed by atoms with E-state index in [0.29, 0.717) is 0 Å². The molecule has 29 heavy (non-hydrogen) atoms. The van der Waals surface area contributed by atoms with Gasteiger partial charge in [0, 0.05) is 5.57 Å². The van der Waals surface area contributed by atoms with Gasteiger partial charge in [-0.15, -0.1) is 0 Å². The predicted octanol–water partition coefficient (Wildman–Crippen LogP) is 2.77. The third-order valence-electron chi connectivity index (χ3n) is 3.87. The molecule has 0 aliphatic carbocycles. The molecule has 0 aromatic heterocycles. The van der Waals surface area contributed by atoms with Crippen molar-refractivity contribution in [2.75, 3.05) is 13.7 Å². The molecule has 1 N–H and O–H groups in total. The summed E-state index contributed by atoms with van der Waals surface area (Å²) >= 11 is 0. The van der Waals surface area contributed by atoms with Gasteiger partial charge < -0.3 is 14.2 Å². The molecule has 0 aliphatic heterocycles. The molecule has 0 bridgehead atoms. The maximum atomic E-state index is 14.3. The number of ether oxygens (including phenoxy) is 3. The fourth-order valence-corrected chi connectivity index (χ4v) is 3.19. The summed E-state index contributed by atoms with van der Waals surface area (Å²) in [6.07, 6.45) is -1.16. The van der Waals surface area contributed by atoms with E-state index in [2.05, 4.69) is 9.47 Å². The molecule has 1 aromatic carbocycles. The van der Waals surface area contributed by atoms with E-state index in [0.717, 1.165) is 12.1 Å². The number of hydrogen-bond acceptors (Lipinski definition) is 7. The predicted molar refractivity (Wildman–Crippen MR) is 101 cm³/mol. The zero-order valence-corrected chi connectivity index (χ0v) is 17.4. The van der Waals surface area contributed by atoms with Crippen molar-refractivity contribution >= 4 is 28.2 Å². The number of sulfonamides is 1. The first-order valence-electron chi connectivity index (χ1n) is 8.53. The van der Waals surface area contributed by atoms with Crippen LogP contribution in [0.15, 0.2) is 17.7 Å². The van der Waals surface area contributed by atoms with Crippen molar-refractivity contribution in [1.29, 1.82) is 0 Å². The Morgan fingerprint density at radius 3 is 2.24 bits per heavy atom. The van der Waals surface area contributed by atoms with Crippen LogP contribution in [0, 0.1) is 11.6 Å². The summed E-state index contributed by atoms with van der Waals surface area (Å²) in [4.78, 5) is 22.7. The highest BCUT2D eigenvalue weighted by atomic mass is 32.2. The lowest BCUT2D eigenvalue weighted by atomic mass is 10.1. The highest BCUT2D eigenvalue weighted by Crippen LogP contribution is 2.27. The minimum absolute atomic E-state index is 0.0333. The van der Waals surface area contributed by atoms with Crippen LogP contribution >= 0.6 is 0 Å². The number of rotatable bonds is 8. The van der Waals surface area contributed by atoms with Crippen LogP contribution in [0.5, 0.6) is 5.75 Å². The maximum Gasteiger partial charge on any atom is 0.420 e. The molecule has 0 aliphatic rings. The van der Waals surface area contributed by atoms with Crippen LogP contribution in [-0.4, -0.2) is 45.6 Å². The third-order valence-corrected chi connectivity index (χ3v) is 5.68. The van der Waals surface area contributed by atoms with Gasteiger partial charge in [0.05, 0.1) is 13.7 Å². The van der Waals surface area contributed by atoms with E-state index in [-0.39, 0.29) is 17.7 Å². The number of methoxy groups -OCH3 is 1. The van der Waals surface area contributed by atoms with Gasteiger partial charge in [0.2, 0.25) is 10.0 Å². The SMILES string of the molecule is CCOC(=O)NS(=O)(=O)C(C)[C@H](C)Oc1c(F)cc(/C=C(\C)C(=O)OC)cc1F. The quantitative estimate of drug-likeness (QED) is 0.494. The Morgan fingerprint density at radius 2 is 1.76 bits per heavy atom. The van der Waals surface area contributed by atoms with Gasteiger partial charge in [-0.1, -0.05) is 0 Å². The van der Waals surface area contributed by atoms with Gasteiger partial charge in [-0.25, -0.2) is 31.5 Å². The van der Waals surface area contributed by atoms with E-state index < -0.39 is 50.8 Å². The lowest BCUT2D eigenvalue weighted by Crippen LogP contribution is -2.43. The number of hydrogen-bond donors (Lipinski definition) is 1. The molecule has 1 aromatic rings. The molecule has 8 nitrogen and oxygen atoms in total. The van der Waals surface area contributed by atoms with Crippen molar-refractivity contribution in [1.82, 2.24) is 4.72 Å². The second-order valence-corrected chi connectivity index (χ2v) is 8.07. The first-order chi connectivity index (χ1) is 13.4. The van der Waals surface area contributed by atoms with Crippen LogP contribution < -0.4 is 9.46 Å². The Balaban J connectivity index is 3.03. The van der Waals surface area contributed by atoms with Crippen LogP contribution in [-0.2, 0) is 24.3 Å². The molecule has 0 spiro atoms. The van der Waals surface area contributed by atoms with E-state index in [1.54, 1.807) is 4.72 Å². The molecule has 0 saturated heterocycles.